The summed E-state index contributed by atoms with van der Waals surface area (Å²) in [5.74, 6) is -2.00. The second kappa shape index (κ2) is 25.7. The molecule has 3 rings (SSSR count). The van der Waals surface area contributed by atoms with E-state index >= 15 is 0 Å². The normalized spacial score (nSPS) is 12.4. The van der Waals surface area contributed by atoms with E-state index in [1.165, 1.54) is 0 Å². The summed E-state index contributed by atoms with van der Waals surface area (Å²) >= 11 is 0. The van der Waals surface area contributed by atoms with Crippen LogP contribution in [-0.4, -0.2) is 66.2 Å². The van der Waals surface area contributed by atoms with Gasteiger partial charge in [-0.25, -0.2) is 4.79 Å². The molecule has 0 bridgehead atoms. The minimum absolute atomic E-state index is 0.0384. The molecule has 0 aliphatic carbocycles. The van der Waals surface area contributed by atoms with Gasteiger partial charge in [-0.05, 0) is 68.1 Å². The van der Waals surface area contributed by atoms with E-state index in [4.69, 9.17) is 9.47 Å². The molecule has 3 aromatic carbocycles. The largest absolute Gasteiger partial charge is 0.463 e. The minimum Gasteiger partial charge on any atom is -0.463 e. The zero-order valence-electron chi connectivity index (χ0n) is 31.4. The fourth-order valence-electron chi connectivity index (χ4n) is 6.05. The Kier molecular flexibility index (Phi) is 20.6. The van der Waals surface area contributed by atoms with Gasteiger partial charge < -0.3 is 30.1 Å². The Bertz CT molecular complexity index is 1550. The third-order valence-electron chi connectivity index (χ3n) is 9.04. The number of amides is 3. The van der Waals surface area contributed by atoms with Crippen molar-refractivity contribution in [2.75, 3.05) is 26.3 Å². The molecule has 3 aromatic rings. The monoisotopic (exact) mass is 739 g/mol. The van der Waals surface area contributed by atoms with E-state index in [0.717, 1.165) is 29.5 Å². The minimum atomic E-state index is -0.712. The fourth-order valence-corrected chi connectivity index (χ4v) is 6.05. The highest BCUT2D eigenvalue weighted by molar-refractivity contribution is 5.86. The summed E-state index contributed by atoms with van der Waals surface area (Å²) in [5.41, 5.74) is 2.85. The molecule has 54 heavy (non-hydrogen) atoms. The summed E-state index contributed by atoms with van der Waals surface area (Å²) < 4.78 is 11.2. The number of allylic oxidation sites excluding steroid dienone is 2. The number of aliphatic hydroxyl groups is 1. The van der Waals surface area contributed by atoms with E-state index in [1.54, 1.807) is 11.0 Å². The first-order valence-corrected chi connectivity index (χ1v) is 18.9. The maximum Gasteiger partial charge on any atom is 0.407 e. The van der Waals surface area contributed by atoms with Crippen molar-refractivity contribution in [1.29, 1.82) is 0 Å². The highest BCUT2D eigenvalue weighted by Gasteiger charge is 2.27. The molecule has 0 fully saturated rings. The van der Waals surface area contributed by atoms with Crippen LogP contribution in [0.15, 0.2) is 116 Å². The molecule has 0 saturated heterocycles. The summed E-state index contributed by atoms with van der Waals surface area (Å²) in [6.07, 6.45) is 7.57. The van der Waals surface area contributed by atoms with Crippen LogP contribution >= 0.6 is 0 Å². The first-order valence-electron chi connectivity index (χ1n) is 18.9. The molecule has 0 heterocycles. The smallest absolute Gasteiger partial charge is 0.407 e. The fraction of sp³-hybridized carbons (Fsp3) is 0.409. The molecule has 0 aromatic heterocycles. The standard InChI is InChI=1S/C44H57N3O7/c1-3-5-9-25-39(30-35-19-10-6-11-20-35)43(51)53-34-40(26-16-17-27-45-44(52)54-33-37-23-14-8-15-24-37)46-42(50)38(18-4-2)31-41(49)47(28-29-48)32-36-21-12-7-13-22-36/h3-4,6-8,10-15,19-24,38-40,48H,1-2,5,9,16-18,25-34H2,(H,45,52)(H,46,50)/t38-,39-,40+/m1/s1. The SMILES string of the molecule is C=CCCC[C@H](Cc1ccccc1)C(=O)OC[C@H](CCCCNC(=O)OCc1ccccc1)NC(=O)[C@H](CC=C)CC(=O)N(CCO)Cc1ccccc1. The topological polar surface area (TPSA) is 134 Å². The molecule has 0 unspecified atom stereocenters. The van der Waals surface area contributed by atoms with Gasteiger partial charge in [-0.1, -0.05) is 103 Å². The van der Waals surface area contributed by atoms with Crippen LogP contribution in [-0.2, 0) is 43.4 Å². The van der Waals surface area contributed by atoms with Crippen LogP contribution in [0.25, 0.3) is 0 Å². The average molecular weight is 740 g/mol. The van der Waals surface area contributed by atoms with E-state index in [0.29, 0.717) is 45.2 Å². The average Bonchev–Trinajstić information content (AvgIpc) is 3.19. The van der Waals surface area contributed by atoms with Gasteiger partial charge in [0.05, 0.1) is 24.5 Å². The molecule has 3 atom stereocenters. The van der Waals surface area contributed by atoms with Crippen molar-refractivity contribution in [2.24, 2.45) is 11.8 Å². The Balaban J connectivity index is 1.64. The Morgan fingerprint density at radius 3 is 2.04 bits per heavy atom. The van der Waals surface area contributed by atoms with Crippen molar-refractivity contribution in [3.63, 3.8) is 0 Å². The quantitative estimate of drug-likeness (QED) is 0.0462. The molecule has 3 N–H and O–H groups in total. The lowest BCUT2D eigenvalue weighted by atomic mass is 9.94. The Hall–Kier alpha value is -5.22. The van der Waals surface area contributed by atoms with Crippen molar-refractivity contribution >= 4 is 23.9 Å². The highest BCUT2D eigenvalue weighted by atomic mass is 16.5. The Labute approximate surface area is 320 Å². The third-order valence-corrected chi connectivity index (χ3v) is 9.04. The molecule has 3 amide bonds. The van der Waals surface area contributed by atoms with Gasteiger partial charge in [0, 0.05) is 26.1 Å². The second-order valence-corrected chi connectivity index (χ2v) is 13.4. The van der Waals surface area contributed by atoms with Crippen LogP contribution in [0.3, 0.4) is 0 Å². The van der Waals surface area contributed by atoms with Crippen molar-refractivity contribution in [3.05, 3.63) is 133 Å². The number of carbonyl (C=O) groups excluding carboxylic acids is 4. The number of nitrogens with one attached hydrogen (secondary N) is 2. The number of esters is 1. The molecular weight excluding hydrogens is 682 g/mol. The summed E-state index contributed by atoms with van der Waals surface area (Å²) in [5, 5.41) is 15.5. The van der Waals surface area contributed by atoms with Crippen LogP contribution in [0.2, 0.25) is 0 Å². The lowest BCUT2D eigenvalue weighted by molar-refractivity contribution is -0.150. The number of nitrogens with zero attached hydrogens (tertiary/aromatic N) is 1. The lowest BCUT2D eigenvalue weighted by Crippen LogP contribution is -2.44. The Morgan fingerprint density at radius 1 is 0.759 bits per heavy atom. The van der Waals surface area contributed by atoms with E-state index < -0.39 is 18.1 Å². The van der Waals surface area contributed by atoms with Crippen LogP contribution < -0.4 is 10.6 Å². The van der Waals surface area contributed by atoms with Crippen LogP contribution in [0, 0.1) is 11.8 Å². The summed E-state index contributed by atoms with van der Waals surface area (Å²) in [4.78, 5) is 54.5. The molecule has 0 spiro atoms. The second-order valence-electron chi connectivity index (χ2n) is 13.4. The molecule has 0 aliphatic rings. The van der Waals surface area contributed by atoms with Crippen molar-refractivity contribution < 1.29 is 33.8 Å². The number of hydrogen-bond acceptors (Lipinski definition) is 7. The third kappa shape index (κ3) is 17.1. The van der Waals surface area contributed by atoms with Gasteiger partial charge in [-0.15, -0.1) is 13.2 Å². The van der Waals surface area contributed by atoms with Gasteiger partial charge in [-0.3, -0.25) is 14.4 Å². The molecule has 290 valence electrons. The molecular formula is C44H57N3O7. The van der Waals surface area contributed by atoms with Crippen LogP contribution in [0.5, 0.6) is 0 Å². The number of carbonyl (C=O) groups is 4. The number of benzene rings is 3. The first kappa shape index (κ1) is 43.2. The van der Waals surface area contributed by atoms with Gasteiger partial charge in [0.25, 0.3) is 0 Å². The summed E-state index contributed by atoms with van der Waals surface area (Å²) in [6, 6.07) is 28.2. The predicted molar refractivity (Wildman–Crippen MR) is 211 cm³/mol. The van der Waals surface area contributed by atoms with Crippen molar-refractivity contribution in [1.82, 2.24) is 15.5 Å². The number of unbranched alkanes of at least 4 members (excludes halogenated alkanes) is 2. The lowest BCUT2D eigenvalue weighted by Gasteiger charge is -2.26. The zero-order chi connectivity index (χ0) is 38.8. The highest BCUT2D eigenvalue weighted by Crippen LogP contribution is 2.19. The number of alkyl carbamates (subject to hydrolysis) is 1. The van der Waals surface area contributed by atoms with E-state index in [1.807, 2.05) is 97.1 Å². The molecule has 0 saturated carbocycles. The maximum absolute atomic E-state index is 13.8. The van der Waals surface area contributed by atoms with E-state index in [9.17, 15) is 24.3 Å². The zero-order valence-corrected chi connectivity index (χ0v) is 31.4. The van der Waals surface area contributed by atoms with Crippen molar-refractivity contribution in [2.45, 2.75) is 77.0 Å². The first-order chi connectivity index (χ1) is 26.3. The molecule has 10 nitrogen and oxygen atoms in total. The summed E-state index contributed by atoms with van der Waals surface area (Å²) in [7, 11) is 0. The number of hydrogen-bond donors (Lipinski definition) is 3. The Morgan fingerprint density at radius 2 is 1.41 bits per heavy atom. The van der Waals surface area contributed by atoms with E-state index in [-0.39, 0.29) is 62.9 Å². The summed E-state index contributed by atoms with van der Waals surface area (Å²) in [6.45, 7) is 8.36. The predicted octanol–water partition coefficient (Wildman–Crippen LogP) is 6.93. The van der Waals surface area contributed by atoms with Gasteiger partial charge in [-0.2, -0.15) is 0 Å². The number of rotatable bonds is 26. The number of aliphatic hydroxyl groups excluding tert-OH is 1. The van der Waals surface area contributed by atoms with Gasteiger partial charge in [0.2, 0.25) is 11.8 Å². The molecule has 0 radical (unpaired) electrons. The van der Waals surface area contributed by atoms with Crippen molar-refractivity contribution in [3.8, 4) is 0 Å². The van der Waals surface area contributed by atoms with Gasteiger partial charge in [0.1, 0.15) is 13.2 Å². The van der Waals surface area contributed by atoms with Crippen LogP contribution in [0.1, 0.15) is 68.1 Å². The number of ether oxygens (including phenoxy) is 2. The maximum atomic E-state index is 13.8. The van der Waals surface area contributed by atoms with E-state index in [2.05, 4.69) is 23.8 Å². The molecule has 10 heteroatoms. The molecule has 0 aliphatic heterocycles. The van der Waals surface area contributed by atoms with Gasteiger partial charge in [0.15, 0.2) is 0 Å². The van der Waals surface area contributed by atoms with Crippen LogP contribution in [0.4, 0.5) is 4.79 Å². The van der Waals surface area contributed by atoms with Gasteiger partial charge >= 0.3 is 12.1 Å².